The molecular weight excluding hydrogens is 256 g/mol. The molecule has 7 heteroatoms. The fourth-order valence-electron chi connectivity index (χ4n) is 1.85. The standard InChI is InChI=1S/C13H12N6O/c1-10-12(7-16-18-8-14-15-9-18)13(20)19(17-10)11-5-3-2-4-6-11/h2-9,17H,1H3. The Labute approximate surface area is 114 Å². The highest BCUT2D eigenvalue weighted by Gasteiger charge is 2.10. The van der Waals surface area contributed by atoms with Crippen LogP contribution in [-0.4, -0.2) is 30.9 Å². The molecule has 0 atom stereocenters. The van der Waals surface area contributed by atoms with Gasteiger partial charge in [0.15, 0.2) is 0 Å². The van der Waals surface area contributed by atoms with Crippen LogP contribution in [-0.2, 0) is 0 Å². The summed E-state index contributed by atoms with van der Waals surface area (Å²) in [6.07, 6.45) is 4.40. The van der Waals surface area contributed by atoms with Gasteiger partial charge in [-0.25, -0.2) is 9.36 Å². The molecule has 2 aromatic heterocycles. The quantitative estimate of drug-likeness (QED) is 0.718. The highest BCUT2D eigenvalue weighted by atomic mass is 16.1. The third-order valence-electron chi connectivity index (χ3n) is 2.86. The Morgan fingerprint density at radius 2 is 1.90 bits per heavy atom. The number of hydrogen-bond acceptors (Lipinski definition) is 4. The van der Waals surface area contributed by atoms with Crippen LogP contribution in [0.2, 0.25) is 0 Å². The van der Waals surface area contributed by atoms with Crippen molar-refractivity contribution < 1.29 is 0 Å². The molecule has 0 radical (unpaired) electrons. The molecule has 0 spiro atoms. The monoisotopic (exact) mass is 268 g/mol. The molecule has 0 unspecified atom stereocenters. The first kappa shape index (κ1) is 12.1. The van der Waals surface area contributed by atoms with E-state index in [4.69, 9.17) is 0 Å². The molecule has 3 aromatic rings. The van der Waals surface area contributed by atoms with Gasteiger partial charge in [-0.15, -0.1) is 10.2 Å². The van der Waals surface area contributed by atoms with Gasteiger partial charge in [0.25, 0.3) is 5.56 Å². The van der Waals surface area contributed by atoms with Crippen LogP contribution in [0, 0.1) is 6.92 Å². The van der Waals surface area contributed by atoms with Gasteiger partial charge in [0.1, 0.15) is 12.7 Å². The van der Waals surface area contributed by atoms with Crippen LogP contribution in [0.15, 0.2) is 52.9 Å². The highest BCUT2D eigenvalue weighted by Crippen LogP contribution is 2.05. The molecule has 7 nitrogen and oxygen atoms in total. The van der Waals surface area contributed by atoms with Crippen LogP contribution in [0.1, 0.15) is 11.3 Å². The van der Waals surface area contributed by atoms with Gasteiger partial charge < -0.3 is 0 Å². The zero-order chi connectivity index (χ0) is 13.9. The Kier molecular flexibility index (Phi) is 3.00. The summed E-state index contributed by atoms with van der Waals surface area (Å²) in [4.78, 5) is 12.3. The largest absolute Gasteiger partial charge is 0.295 e. The second-order valence-electron chi connectivity index (χ2n) is 4.21. The minimum absolute atomic E-state index is 0.148. The summed E-state index contributed by atoms with van der Waals surface area (Å²) in [5, 5.41) is 14.4. The fraction of sp³-hybridized carbons (Fsp3) is 0.0769. The average molecular weight is 268 g/mol. The summed E-state index contributed by atoms with van der Waals surface area (Å²) >= 11 is 0. The van der Waals surface area contributed by atoms with Crippen molar-refractivity contribution in [2.75, 3.05) is 0 Å². The molecule has 0 fully saturated rings. The minimum Gasteiger partial charge on any atom is -0.295 e. The van der Waals surface area contributed by atoms with E-state index in [0.29, 0.717) is 5.56 Å². The van der Waals surface area contributed by atoms with E-state index in [0.717, 1.165) is 11.4 Å². The van der Waals surface area contributed by atoms with Crippen molar-refractivity contribution in [2.45, 2.75) is 6.92 Å². The molecule has 20 heavy (non-hydrogen) atoms. The Balaban J connectivity index is 2.02. The summed E-state index contributed by atoms with van der Waals surface area (Å²) in [5.74, 6) is 0. The van der Waals surface area contributed by atoms with E-state index in [9.17, 15) is 4.79 Å². The van der Waals surface area contributed by atoms with E-state index in [-0.39, 0.29) is 5.56 Å². The average Bonchev–Trinajstić information content (AvgIpc) is 3.07. The zero-order valence-corrected chi connectivity index (χ0v) is 10.8. The zero-order valence-electron chi connectivity index (χ0n) is 10.8. The third kappa shape index (κ3) is 2.16. The van der Waals surface area contributed by atoms with E-state index < -0.39 is 0 Å². The van der Waals surface area contributed by atoms with E-state index in [1.54, 1.807) is 0 Å². The molecule has 3 rings (SSSR count). The number of aromatic amines is 1. The lowest BCUT2D eigenvalue weighted by Crippen LogP contribution is -2.17. The number of para-hydroxylation sites is 1. The molecule has 0 amide bonds. The van der Waals surface area contributed by atoms with Gasteiger partial charge in [0.2, 0.25) is 0 Å². The summed E-state index contributed by atoms with van der Waals surface area (Å²) in [5.41, 5.74) is 1.88. The number of nitrogens with one attached hydrogen (secondary N) is 1. The van der Waals surface area contributed by atoms with Crippen molar-refractivity contribution in [2.24, 2.45) is 5.10 Å². The van der Waals surface area contributed by atoms with Crippen LogP contribution in [0.25, 0.3) is 5.69 Å². The topological polar surface area (TPSA) is 80.9 Å². The van der Waals surface area contributed by atoms with Crippen molar-refractivity contribution >= 4 is 6.21 Å². The predicted octanol–water partition coefficient (Wildman–Crippen LogP) is 0.948. The molecule has 0 bridgehead atoms. The maximum Gasteiger partial charge on any atom is 0.280 e. The molecule has 100 valence electrons. The summed E-state index contributed by atoms with van der Waals surface area (Å²) < 4.78 is 2.92. The lowest BCUT2D eigenvalue weighted by molar-refractivity contribution is 0.835. The molecule has 1 N–H and O–H groups in total. The van der Waals surface area contributed by atoms with Gasteiger partial charge in [-0.1, -0.05) is 18.2 Å². The number of rotatable bonds is 3. The number of hydrogen-bond donors (Lipinski definition) is 1. The number of H-pyrrole nitrogens is 1. The fourth-order valence-corrected chi connectivity index (χ4v) is 1.85. The van der Waals surface area contributed by atoms with E-state index in [2.05, 4.69) is 20.4 Å². The number of nitrogens with zero attached hydrogens (tertiary/aromatic N) is 5. The lowest BCUT2D eigenvalue weighted by Gasteiger charge is -1.99. The van der Waals surface area contributed by atoms with Gasteiger partial charge in [-0.05, 0) is 19.1 Å². The van der Waals surface area contributed by atoms with Crippen LogP contribution < -0.4 is 5.56 Å². The smallest absolute Gasteiger partial charge is 0.280 e. The number of benzene rings is 1. The molecule has 0 aliphatic rings. The van der Waals surface area contributed by atoms with Crippen LogP contribution in [0.5, 0.6) is 0 Å². The van der Waals surface area contributed by atoms with Gasteiger partial charge >= 0.3 is 0 Å². The van der Waals surface area contributed by atoms with E-state index >= 15 is 0 Å². The molecular formula is C13H12N6O. The van der Waals surface area contributed by atoms with Crippen molar-refractivity contribution in [3.63, 3.8) is 0 Å². The SMILES string of the molecule is Cc1[nH]n(-c2ccccc2)c(=O)c1C=Nn1cnnc1. The van der Waals surface area contributed by atoms with Crippen molar-refractivity contribution in [1.82, 2.24) is 24.7 Å². The first-order valence-electron chi connectivity index (χ1n) is 6.02. The van der Waals surface area contributed by atoms with Gasteiger partial charge in [0.05, 0.1) is 17.5 Å². The number of aromatic nitrogens is 5. The second-order valence-corrected chi connectivity index (χ2v) is 4.21. The first-order chi connectivity index (χ1) is 9.75. The van der Waals surface area contributed by atoms with Crippen LogP contribution >= 0.6 is 0 Å². The lowest BCUT2D eigenvalue weighted by atomic mass is 10.3. The summed E-state index contributed by atoms with van der Waals surface area (Å²) in [7, 11) is 0. The Morgan fingerprint density at radius 1 is 1.20 bits per heavy atom. The molecule has 0 aliphatic carbocycles. The Bertz CT molecular complexity index is 782. The van der Waals surface area contributed by atoms with Gasteiger partial charge in [-0.2, -0.15) is 5.10 Å². The molecule has 0 saturated carbocycles. The molecule has 0 aliphatic heterocycles. The minimum atomic E-state index is -0.148. The maximum absolute atomic E-state index is 12.3. The van der Waals surface area contributed by atoms with Crippen molar-refractivity contribution in [3.8, 4) is 5.69 Å². The van der Waals surface area contributed by atoms with Gasteiger partial charge in [-0.3, -0.25) is 9.89 Å². The van der Waals surface area contributed by atoms with E-state index in [1.807, 2.05) is 37.3 Å². The van der Waals surface area contributed by atoms with Crippen molar-refractivity contribution in [3.05, 3.63) is 64.6 Å². The van der Waals surface area contributed by atoms with Crippen molar-refractivity contribution in [1.29, 1.82) is 0 Å². The first-order valence-corrected chi connectivity index (χ1v) is 6.02. The maximum atomic E-state index is 12.3. The molecule has 2 heterocycles. The Morgan fingerprint density at radius 3 is 2.60 bits per heavy atom. The van der Waals surface area contributed by atoms with E-state index in [1.165, 1.54) is 28.2 Å². The van der Waals surface area contributed by atoms with Crippen LogP contribution in [0.3, 0.4) is 0 Å². The molecule has 1 aromatic carbocycles. The normalized spacial score (nSPS) is 11.2. The predicted molar refractivity (Wildman–Crippen MR) is 74.1 cm³/mol. The summed E-state index contributed by atoms with van der Waals surface area (Å²) in [6, 6.07) is 9.38. The highest BCUT2D eigenvalue weighted by molar-refractivity contribution is 5.80. The molecule has 0 saturated heterocycles. The Hall–Kier alpha value is -2.96. The van der Waals surface area contributed by atoms with Crippen LogP contribution in [0.4, 0.5) is 0 Å². The van der Waals surface area contributed by atoms with Gasteiger partial charge in [0, 0.05) is 5.69 Å². The second kappa shape index (κ2) is 4.96. The third-order valence-corrected chi connectivity index (χ3v) is 2.86. The number of aryl methyl sites for hydroxylation is 1. The summed E-state index contributed by atoms with van der Waals surface area (Å²) in [6.45, 7) is 1.83.